The van der Waals surface area contributed by atoms with Gasteiger partial charge in [0.1, 0.15) is 11.3 Å². The fourth-order valence-electron chi connectivity index (χ4n) is 1.91. The predicted molar refractivity (Wildman–Crippen MR) is 90.6 cm³/mol. The summed E-state index contributed by atoms with van der Waals surface area (Å²) in [5.74, 6) is 0.434. The molecule has 0 aliphatic rings. The Bertz CT molecular complexity index is 808. The Morgan fingerprint density at radius 1 is 1.14 bits per heavy atom. The van der Waals surface area contributed by atoms with E-state index in [9.17, 15) is 4.79 Å². The smallest absolute Gasteiger partial charge is 0.257 e. The van der Waals surface area contributed by atoms with E-state index in [0.29, 0.717) is 32.0 Å². The number of fused-ring (bicyclic) bond motifs is 1. The second kappa shape index (κ2) is 6.12. The van der Waals surface area contributed by atoms with E-state index in [4.69, 9.17) is 27.9 Å². The number of carbonyl (C=O) groups excluding carboxylic acids is 1. The molecule has 22 heavy (non-hydrogen) atoms. The molecule has 4 nitrogen and oxygen atoms in total. The average molecular weight is 353 g/mol. The molecule has 112 valence electrons. The summed E-state index contributed by atoms with van der Waals surface area (Å²) in [7, 11) is 1.57. The first-order chi connectivity index (χ1) is 10.6. The molecule has 3 rings (SSSR count). The number of methoxy groups -OCH3 is 1. The van der Waals surface area contributed by atoms with Gasteiger partial charge in [-0.2, -0.15) is 0 Å². The van der Waals surface area contributed by atoms with Gasteiger partial charge in [0.2, 0.25) is 0 Å². The molecule has 0 unspecified atom stereocenters. The van der Waals surface area contributed by atoms with Gasteiger partial charge in [-0.05, 0) is 36.4 Å². The number of rotatable bonds is 3. The van der Waals surface area contributed by atoms with E-state index in [1.54, 1.807) is 43.5 Å². The lowest BCUT2D eigenvalue weighted by molar-refractivity contribution is 0.102. The summed E-state index contributed by atoms with van der Waals surface area (Å²) >= 11 is 13.5. The highest BCUT2D eigenvalue weighted by Crippen LogP contribution is 2.36. The number of ether oxygens (including phenoxy) is 1. The zero-order chi connectivity index (χ0) is 15.7. The lowest BCUT2D eigenvalue weighted by atomic mass is 10.2. The normalized spacial score (nSPS) is 10.7. The number of nitrogens with zero attached hydrogens (tertiary/aromatic N) is 1. The van der Waals surface area contributed by atoms with Crippen LogP contribution in [0.2, 0.25) is 10.0 Å². The number of anilines is 1. The van der Waals surface area contributed by atoms with E-state index in [0.717, 1.165) is 4.70 Å². The number of halogens is 2. The molecule has 7 heteroatoms. The number of hydrogen-bond acceptors (Lipinski definition) is 4. The van der Waals surface area contributed by atoms with Crippen molar-refractivity contribution in [3.63, 3.8) is 0 Å². The topological polar surface area (TPSA) is 51.2 Å². The van der Waals surface area contributed by atoms with E-state index in [2.05, 4.69) is 10.3 Å². The van der Waals surface area contributed by atoms with Gasteiger partial charge in [0.15, 0.2) is 5.13 Å². The van der Waals surface area contributed by atoms with Crippen molar-refractivity contribution >= 4 is 55.8 Å². The Morgan fingerprint density at radius 3 is 2.45 bits per heavy atom. The van der Waals surface area contributed by atoms with Gasteiger partial charge < -0.3 is 4.74 Å². The Balaban J connectivity index is 1.87. The lowest BCUT2D eigenvalue weighted by Crippen LogP contribution is -2.11. The summed E-state index contributed by atoms with van der Waals surface area (Å²) in [6, 6.07) is 10.2. The van der Waals surface area contributed by atoms with Crippen LogP contribution in [0, 0.1) is 0 Å². The Kier molecular flexibility index (Phi) is 4.20. The number of benzene rings is 2. The zero-order valence-electron chi connectivity index (χ0n) is 11.4. The minimum atomic E-state index is -0.256. The van der Waals surface area contributed by atoms with Crippen molar-refractivity contribution in [2.24, 2.45) is 0 Å². The van der Waals surface area contributed by atoms with Crippen LogP contribution < -0.4 is 10.1 Å². The van der Waals surface area contributed by atoms with Crippen LogP contribution in [0.15, 0.2) is 36.4 Å². The fraction of sp³-hybridized carbons (Fsp3) is 0.0667. The molecule has 3 aromatic rings. The molecule has 0 bridgehead atoms. The van der Waals surface area contributed by atoms with Crippen LogP contribution in [0.25, 0.3) is 10.2 Å². The van der Waals surface area contributed by atoms with Gasteiger partial charge in [-0.3, -0.25) is 10.1 Å². The molecule has 0 radical (unpaired) electrons. The van der Waals surface area contributed by atoms with Crippen molar-refractivity contribution in [3.8, 4) is 5.75 Å². The quantitative estimate of drug-likeness (QED) is 0.731. The van der Waals surface area contributed by atoms with Crippen LogP contribution in [0.3, 0.4) is 0 Å². The molecule has 0 aliphatic carbocycles. The molecule has 0 saturated heterocycles. The molecule has 0 fully saturated rings. The minimum Gasteiger partial charge on any atom is -0.497 e. The molecular formula is C15H10Cl2N2O2S. The van der Waals surface area contributed by atoms with Crippen LogP contribution in [0.1, 0.15) is 10.4 Å². The molecule has 1 amide bonds. The fourth-order valence-corrected chi connectivity index (χ4v) is 3.33. The first kappa shape index (κ1) is 15.1. The number of thiazole rings is 1. The van der Waals surface area contributed by atoms with Crippen molar-refractivity contribution in [2.75, 3.05) is 12.4 Å². The van der Waals surface area contributed by atoms with Gasteiger partial charge >= 0.3 is 0 Å². The van der Waals surface area contributed by atoms with Crippen LogP contribution >= 0.6 is 34.5 Å². The van der Waals surface area contributed by atoms with Gasteiger partial charge in [0.05, 0.1) is 21.9 Å². The summed E-state index contributed by atoms with van der Waals surface area (Å²) in [6.07, 6.45) is 0. The Morgan fingerprint density at radius 2 is 1.82 bits per heavy atom. The second-order valence-electron chi connectivity index (χ2n) is 4.41. The van der Waals surface area contributed by atoms with Crippen molar-refractivity contribution < 1.29 is 9.53 Å². The lowest BCUT2D eigenvalue weighted by Gasteiger charge is -2.03. The van der Waals surface area contributed by atoms with Crippen molar-refractivity contribution in [1.82, 2.24) is 4.98 Å². The molecule has 0 atom stereocenters. The highest BCUT2D eigenvalue weighted by atomic mass is 35.5. The molecule has 1 aromatic heterocycles. The highest BCUT2D eigenvalue weighted by Gasteiger charge is 2.13. The maximum absolute atomic E-state index is 12.2. The van der Waals surface area contributed by atoms with Gasteiger partial charge in [-0.15, -0.1) is 0 Å². The SMILES string of the molecule is COc1ccc(C(=O)Nc2nc3c(Cl)ccc(Cl)c3s2)cc1. The van der Waals surface area contributed by atoms with Crippen LogP contribution in [-0.2, 0) is 0 Å². The molecule has 1 heterocycles. The Labute approximate surface area is 140 Å². The standard InChI is InChI=1S/C15H10Cl2N2O2S/c1-21-9-4-2-8(3-5-9)14(20)19-15-18-12-10(16)6-7-11(17)13(12)22-15/h2-7H,1H3,(H,18,19,20). The van der Waals surface area contributed by atoms with E-state index in [1.807, 2.05) is 0 Å². The molecule has 0 aliphatic heterocycles. The van der Waals surface area contributed by atoms with Crippen molar-refractivity contribution in [2.45, 2.75) is 0 Å². The average Bonchev–Trinajstić information content (AvgIpc) is 2.96. The van der Waals surface area contributed by atoms with Crippen LogP contribution in [0.4, 0.5) is 5.13 Å². The molecular weight excluding hydrogens is 343 g/mol. The van der Waals surface area contributed by atoms with E-state index < -0.39 is 0 Å². The summed E-state index contributed by atoms with van der Waals surface area (Å²) in [5, 5.41) is 4.26. The number of hydrogen-bond donors (Lipinski definition) is 1. The number of carbonyl (C=O) groups is 1. The molecule has 1 N–H and O–H groups in total. The van der Waals surface area contributed by atoms with Crippen LogP contribution in [-0.4, -0.2) is 18.0 Å². The van der Waals surface area contributed by atoms with Gasteiger partial charge in [0, 0.05) is 5.56 Å². The third-order valence-electron chi connectivity index (χ3n) is 3.02. The number of nitrogens with one attached hydrogen (secondary N) is 1. The molecule has 2 aromatic carbocycles. The largest absolute Gasteiger partial charge is 0.497 e. The van der Waals surface area contributed by atoms with E-state index in [-0.39, 0.29) is 5.91 Å². The molecule has 0 saturated carbocycles. The van der Waals surface area contributed by atoms with E-state index in [1.165, 1.54) is 11.3 Å². The number of aromatic nitrogens is 1. The maximum atomic E-state index is 12.2. The predicted octanol–water partition coefficient (Wildman–Crippen LogP) is 4.86. The minimum absolute atomic E-state index is 0.256. The summed E-state index contributed by atoms with van der Waals surface area (Å²) < 4.78 is 5.81. The zero-order valence-corrected chi connectivity index (χ0v) is 13.7. The van der Waals surface area contributed by atoms with Gasteiger partial charge in [0.25, 0.3) is 5.91 Å². The van der Waals surface area contributed by atoms with Crippen molar-refractivity contribution in [1.29, 1.82) is 0 Å². The summed E-state index contributed by atoms with van der Waals surface area (Å²) in [6.45, 7) is 0. The molecule has 0 spiro atoms. The maximum Gasteiger partial charge on any atom is 0.257 e. The summed E-state index contributed by atoms with van der Waals surface area (Å²) in [4.78, 5) is 16.5. The van der Waals surface area contributed by atoms with Gasteiger partial charge in [-0.25, -0.2) is 4.98 Å². The first-order valence-corrected chi connectivity index (χ1v) is 7.85. The first-order valence-electron chi connectivity index (χ1n) is 6.28. The summed E-state index contributed by atoms with van der Waals surface area (Å²) in [5.41, 5.74) is 1.10. The third-order valence-corrected chi connectivity index (χ3v) is 4.76. The monoisotopic (exact) mass is 352 g/mol. The number of amides is 1. The van der Waals surface area contributed by atoms with E-state index >= 15 is 0 Å². The van der Waals surface area contributed by atoms with Crippen molar-refractivity contribution in [3.05, 3.63) is 52.0 Å². The second-order valence-corrected chi connectivity index (χ2v) is 6.22. The third kappa shape index (κ3) is 2.88. The van der Waals surface area contributed by atoms with Crippen LogP contribution in [0.5, 0.6) is 5.75 Å². The Hall–Kier alpha value is -1.82. The highest BCUT2D eigenvalue weighted by molar-refractivity contribution is 7.23. The van der Waals surface area contributed by atoms with Gasteiger partial charge in [-0.1, -0.05) is 34.5 Å².